The Labute approximate surface area is 123 Å². The number of nitrogen functional groups attached to an aromatic ring is 1. The van der Waals surface area contributed by atoms with E-state index in [-0.39, 0.29) is 24.5 Å². The van der Waals surface area contributed by atoms with E-state index in [2.05, 4.69) is 0 Å². The summed E-state index contributed by atoms with van der Waals surface area (Å²) in [4.78, 5) is 25.7. The second kappa shape index (κ2) is 6.47. The summed E-state index contributed by atoms with van der Waals surface area (Å²) in [5, 5.41) is 0. The van der Waals surface area contributed by atoms with E-state index in [1.807, 2.05) is 0 Å². The van der Waals surface area contributed by atoms with Gasteiger partial charge in [0.2, 0.25) is 0 Å². The van der Waals surface area contributed by atoms with Crippen molar-refractivity contribution in [2.45, 2.75) is 25.8 Å². The number of hydrogen-bond acceptors (Lipinski definition) is 5. The van der Waals surface area contributed by atoms with Gasteiger partial charge in [0.25, 0.3) is 5.91 Å². The molecule has 21 heavy (non-hydrogen) atoms. The van der Waals surface area contributed by atoms with Crippen molar-refractivity contribution in [1.29, 1.82) is 0 Å². The number of carbonyl (C=O) groups is 2. The van der Waals surface area contributed by atoms with Gasteiger partial charge in [0, 0.05) is 11.6 Å². The van der Waals surface area contributed by atoms with Crippen LogP contribution in [0.1, 0.15) is 30.1 Å². The van der Waals surface area contributed by atoms with E-state index in [9.17, 15) is 9.59 Å². The summed E-state index contributed by atoms with van der Waals surface area (Å²) in [5.74, 6) is -0.0749. The molecule has 6 heteroatoms. The minimum atomic E-state index is -0.390. The van der Waals surface area contributed by atoms with Gasteiger partial charge in [-0.3, -0.25) is 9.59 Å². The Morgan fingerprint density at radius 2 is 2.10 bits per heavy atom. The smallest absolute Gasteiger partial charge is 0.325 e. The second-order valence-corrected chi connectivity index (χ2v) is 4.93. The third kappa shape index (κ3) is 3.65. The lowest BCUT2D eigenvalue weighted by Gasteiger charge is -2.21. The highest BCUT2D eigenvalue weighted by atomic mass is 16.5. The first-order valence-electron chi connectivity index (χ1n) is 6.97. The van der Waals surface area contributed by atoms with Crippen molar-refractivity contribution >= 4 is 17.6 Å². The van der Waals surface area contributed by atoms with Gasteiger partial charge in [-0.15, -0.1) is 0 Å². The number of benzene rings is 1. The molecule has 1 fully saturated rings. The van der Waals surface area contributed by atoms with Crippen LogP contribution in [0.15, 0.2) is 18.2 Å². The Bertz CT molecular complexity index is 540. The maximum Gasteiger partial charge on any atom is 0.325 e. The highest BCUT2D eigenvalue weighted by molar-refractivity contribution is 5.97. The third-order valence-electron chi connectivity index (χ3n) is 3.33. The zero-order valence-corrected chi connectivity index (χ0v) is 12.3. The highest BCUT2D eigenvalue weighted by Gasteiger charge is 2.34. The Balaban J connectivity index is 2.14. The molecule has 2 N–H and O–H groups in total. The van der Waals surface area contributed by atoms with Gasteiger partial charge in [-0.2, -0.15) is 0 Å². The van der Waals surface area contributed by atoms with E-state index in [1.165, 1.54) is 7.11 Å². The summed E-state index contributed by atoms with van der Waals surface area (Å²) in [7, 11) is 1.52. The van der Waals surface area contributed by atoms with E-state index in [4.69, 9.17) is 15.2 Å². The van der Waals surface area contributed by atoms with Crippen LogP contribution >= 0.6 is 0 Å². The van der Waals surface area contributed by atoms with E-state index in [1.54, 1.807) is 30.0 Å². The van der Waals surface area contributed by atoms with Crippen molar-refractivity contribution in [2.24, 2.45) is 0 Å². The maximum absolute atomic E-state index is 12.5. The number of nitrogens with two attached hydrogens (primary N) is 1. The SMILES string of the molecule is CCOC(=O)CN(C(=O)c1ccc(OC)c(N)c1)C1CC1. The molecular weight excluding hydrogens is 272 g/mol. The zero-order chi connectivity index (χ0) is 15.4. The molecule has 0 saturated heterocycles. The fraction of sp³-hybridized carbons (Fsp3) is 0.467. The van der Waals surface area contributed by atoms with Crippen LogP contribution in [0.5, 0.6) is 5.75 Å². The number of carbonyl (C=O) groups excluding carboxylic acids is 2. The Hall–Kier alpha value is -2.24. The molecule has 2 rings (SSSR count). The summed E-state index contributed by atoms with van der Waals surface area (Å²) in [6.07, 6.45) is 1.83. The Morgan fingerprint density at radius 3 is 2.62 bits per heavy atom. The van der Waals surface area contributed by atoms with Crippen molar-refractivity contribution in [3.8, 4) is 5.75 Å². The quantitative estimate of drug-likeness (QED) is 0.634. The molecule has 0 bridgehead atoms. The predicted molar refractivity (Wildman–Crippen MR) is 78.1 cm³/mol. The molecule has 114 valence electrons. The Kier molecular flexibility index (Phi) is 4.67. The first kappa shape index (κ1) is 15.2. The number of amides is 1. The summed E-state index contributed by atoms with van der Waals surface area (Å²) < 4.78 is 9.99. The fourth-order valence-electron chi connectivity index (χ4n) is 2.13. The number of nitrogens with zero attached hydrogens (tertiary/aromatic N) is 1. The Morgan fingerprint density at radius 1 is 1.38 bits per heavy atom. The van der Waals surface area contributed by atoms with Crippen LogP contribution in [0.4, 0.5) is 5.69 Å². The van der Waals surface area contributed by atoms with Crippen molar-refractivity contribution in [2.75, 3.05) is 26.0 Å². The molecule has 1 aliphatic rings. The van der Waals surface area contributed by atoms with Gasteiger partial charge in [0.05, 0.1) is 19.4 Å². The van der Waals surface area contributed by atoms with Crippen molar-refractivity contribution in [1.82, 2.24) is 4.90 Å². The van der Waals surface area contributed by atoms with Crippen molar-refractivity contribution in [3.05, 3.63) is 23.8 Å². The van der Waals surface area contributed by atoms with Crippen molar-refractivity contribution in [3.63, 3.8) is 0 Å². The van der Waals surface area contributed by atoms with Gasteiger partial charge in [0.1, 0.15) is 12.3 Å². The first-order chi connectivity index (χ1) is 10.1. The van der Waals surface area contributed by atoms with Gasteiger partial charge >= 0.3 is 5.97 Å². The summed E-state index contributed by atoms with van der Waals surface area (Å²) >= 11 is 0. The van der Waals surface area contributed by atoms with Crippen LogP contribution in [0.2, 0.25) is 0 Å². The molecule has 1 aromatic rings. The fourth-order valence-corrected chi connectivity index (χ4v) is 2.13. The lowest BCUT2D eigenvalue weighted by molar-refractivity contribution is -0.144. The van der Waals surface area contributed by atoms with Crippen LogP contribution in [-0.2, 0) is 9.53 Å². The average Bonchev–Trinajstić information content (AvgIpc) is 3.29. The van der Waals surface area contributed by atoms with Gasteiger partial charge in [-0.25, -0.2) is 0 Å². The monoisotopic (exact) mass is 292 g/mol. The van der Waals surface area contributed by atoms with Gasteiger partial charge in [-0.1, -0.05) is 0 Å². The zero-order valence-electron chi connectivity index (χ0n) is 12.3. The molecule has 1 amide bonds. The third-order valence-corrected chi connectivity index (χ3v) is 3.33. The molecule has 1 aromatic carbocycles. The van der Waals surface area contributed by atoms with Gasteiger partial charge in [-0.05, 0) is 38.0 Å². The van der Waals surface area contributed by atoms with Crippen LogP contribution in [0.25, 0.3) is 0 Å². The summed E-state index contributed by atoms with van der Waals surface area (Å²) in [6.45, 7) is 2.02. The normalized spacial score (nSPS) is 13.6. The largest absolute Gasteiger partial charge is 0.495 e. The molecule has 0 heterocycles. The van der Waals surface area contributed by atoms with Crippen LogP contribution in [0, 0.1) is 0 Å². The molecule has 0 spiro atoms. The number of hydrogen-bond donors (Lipinski definition) is 1. The maximum atomic E-state index is 12.5. The number of ether oxygens (including phenoxy) is 2. The minimum Gasteiger partial charge on any atom is -0.495 e. The minimum absolute atomic E-state index is 0.0245. The number of rotatable bonds is 6. The van der Waals surface area contributed by atoms with Gasteiger partial charge < -0.3 is 20.1 Å². The molecule has 0 unspecified atom stereocenters. The van der Waals surface area contributed by atoms with E-state index in [0.29, 0.717) is 23.6 Å². The standard InChI is InChI=1S/C15H20N2O4/c1-3-21-14(18)9-17(11-5-6-11)15(19)10-4-7-13(20-2)12(16)8-10/h4,7-8,11H,3,5-6,9,16H2,1-2H3. The molecule has 0 atom stereocenters. The van der Waals surface area contributed by atoms with E-state index < -0.39 is 0 Å². The van der Waals surface area contributed by atoms with Crippen molar-refractivity contribution < 1.29 is 19.1 Å². The number of anilines is 1. The van der Waals surface area contributed by atoms with Crippen LogP contribution in [0.3, 0.4) is 0 Å². The molecule has 6 nitrogen and oxygen atoms in total. The van der Waals surface area contributed by atoms with Crippen LogP contribution < -0.4 is 10.5 Å². The summed E-state index contributed by atoms with van der Waals surface area (Å²) in [6, 6.07) is 4.99. The number of methoxy groups -OCH3 is 1. The number of esters is 1. The molecule has 0 aromatic heterocycles. The first-order valence-corrected chi connectivity index (χ1v) is 6.97. The summed E-state index contributed by atoms with van der Waals surface area (Å²) in [5.41, 5.74) is 6.67. The second-order valence-electron chi connectivity index (χ2n) is 4.93. The van der Waals surface area contributed by atoms with Gasteiger partial charge in [0.15, 0.2) is 0 Å². The highest BCUT2D eigenvalue weighted by Crippen LogP contribution is 2.29. The van der Waals surface area contributed by atoms with E-state index in [0.717, 1.165) is 12.8 Å². The average molecular weight is 292 g/mol. The molecule has 1 saturated carbocycles. The topological polar surface area (TPSA) is 81.9 Å². The predicted octanol–water partition coefficient (Wildman–Crippen LogP) is 1.45. The molecule has 0 radical (unpaired) electrons. The molecule has 0 aliphatic heterocycles. The van der Waals surface area contributed by atoms with E-state index >= 15 is 0 Å². The lowest BCUT2D eigenvalue weighted by Crippen LogP contribution is -2.38. The van der Waals surface area contributed by atoms with Crippen LogP contribution in [-0.4, -0.2) is 43.1 Å². The molecular formula is C15H20N2O4. The molecule has 1 aliphatic carbocycles. The lowest BCUT2D eigenvalue weighted by atomic mass is 10.1.